The molecule has 0 aromatic carbocycles. The number of nitrogens with one attached hydrogen (secondary N) is 6. The Labute approximate surface area is 675 Å². The Bertz CT molecular complexity index is 2560. The van der Waals surface area contributed by atoms with Crippen molar-refractivity contribution in [3.8, 4) is 0 Å². The highest BCUT2D eigenvalue weighted by Gasteiger charge is 2.57. The number of halogens is 2. The van der Waals surface area contributed by atoms with Crippen molar-refractivity contribution >= 4 is 88.0 Å². The second-order valence-corrected chi connectivity index (χ2v) is 31.4. The summed E-state index contributed by atoms with van der Waals surface area (Å²) < 4.78 is 64.9. The highest BCUT2D eigenvalue weighted by atomic mass is 35.5. The average molecular weight is 1630 g/mol. The second-order valence-electron chi connectivity index (χ2n) is 28.3. The Hall–Kier alpha value is -3.73. The molecule has 10 atom stereocenters. The molecule has 28 heteroatoms. The van der Waals surface area contributed by atoms with Gasteiger partial charge in [-0.15, -0.1) is 0 Å². The van der Waals surface area contributed by atoms with E-state index in [-0.39, 0.29) is 68.4 Å². The van der Waals surface area contributed by atoms with E-state index in [2.05, 4.69) is 65.9 Å². The first kappa shape index (κ1) is 99.3. The van der Waals surface area contributed by atoms with Crippen molar-refractivity contribution in [2.24, 2.45) is 0 Å². The molecular formula is C79H140Cl2N8O14S4. The fourth-order valence-electron chi connectivity index (χ4n) is 13.0. The Morgan fingerprint density at radius 1 is 0.383 bits per heavy atom. The van der Waals surface area contributed by atoms with Gasteiger partial charge in [0.1, 0.15) is 50.1 Å². The lowest BCUT2D eigenvalue weighted by Gasteiger charge is -2.49. The van der Waals surface area contributed by atoms with E-state index >= 15 is 0 Å². The second kappa shape index (κ2) is 65.8. The molecule has 0 aliphatic carbocycles. The van der Waals surface area contributed by atoms with Crippen LogP contribution in [0.3, 0.4) is 0 Å². The Morgan fingerprint density at radius 2 is 0.664 bits per heavy atom. The van der Waals surface area contributed by atoms with E-state index in [1.54, 1.807) is 0 Å². The van der Waals surface area contributed by atoms with Crippen molar-refractivity contribution in [1.29, 1.82) is 0 Å². The normalized spacial score (nSPS) is 19.7. The van der Waals surface area contributed by atoms with Gasteiger partial charge in [0.15, 0.2) is 53.3 Å². The van der Waals surface area contributed by atoms with Crippen LogP contribution in [-0.4, -0.2) is 167 Å². The molecule has 4 unspecified atom stereocenters. The van der Waals surface area contributed by atoms with Gasteiger partial charge in [-0.2, -0.15) is 23.5 Å². The molecule has 2 aromatic rings. The SMILES string of the molecule is CCCCCCCCCC(=O)OC1[C@H](OC)OC(CSCCNC(=S)NCCn2cc[nH+]c2)[C@@H](O[C@H]2OC(CSCCNC(=S)NCCn3cc[nH+]c3)[C@@H](OC(=O)CCCCCCCCC)C(OC(=O)CCCCCCCCC)[C@@H]2OC(=O)CCCCCCCCC)[C@@H]1OC(=O)CCCCCCCCC.[Cl-].[Cl-]. The molecule has 2 aliphatic heterocycles. The number of thiocarbonyl (C=S) groups is 2. The van der Waals surface area contributed by atoms with Crippen molar-refractivity contribution in [2.45, 2.75) is 366 Å². The molecule has 107 heavy (non-hydrogen) atoms. The molecule has 4 rings (SSSR count). The molecule has 0 amide bonds. The van der Waals surface area contributed by atoms with Crippen LogP contribution in [0.4, 0.5) is 0 Å². The minimum Gasteiger partial charge on any atom is -1.00 e. The lowest BCUT2D eigenvalue weighted by molar-refractivity contribution is -0.377. The number of aromatic nitrogens is 4. The summed E-state index contributed by atoms with van der Waals surface area (Å²) >= 11 is 14.4. The van der Waals surface area contributed by atoms with Crippen LogP contribution >= 0.6 is 48.0 Å². The summed E-state index contributed by atoms with van der Waals surface area (Å²) in [6.45, 7) is 14.5. The van der Waals surface area contributed by atoms with E-state index < -0.39 is 91.3 Å². The van der Waals surface area contributed by atoms with Gasteiger partial charge in [0, 0.05) is 75.3 Å². The fraction of sp³-hybridized carbons (Fsp3) is 0.835. The number of unbranched alkanes of at least 4 members (excludes halogenated alkanes) is 30. The van der Waals surface area contributed by atoms with Gasteiger partial charge in [0.05, 0.1) is 19.2 Å². The fourth-order valence-corrected chi connectivity index (χ4v) is 15.2. The number of nitrogens with zero attached hydrogens (tertiary/aromatic N) is 2. The number of H-pyrrole nitrogens is 2. The first-order chi connectivity index (χ1) is 51.3. The van der Waals surface area contributed by atoms with Crippen molar-refractivity contribution < 1.29 is 101 Å². The summed E-state index contributed by atoms with van der Waals surface area (Å²) in [7, 11) is 1.47. The van der Waals surface area contributed by atoms with Crippen molar-refractivity contribution in [3.05, 3.63) is 37.4 Å². The number of hydrogen-bond acceptors (Lipinski definition) is 18. The Morgan fingerprint density at radius 3 is 0.991 bits per heavy atom. The molecule has 2 aromatic heterocycles. The van der Waals surface area contributed by atoms with Crippen LogP contribution in [0.25, 0.3) is 0 Å². The lowest BCUT2D eigenvalue weighted by Crippen LogP contribution is -3.00. The van der Waals surface area contributed by atoms with Gasteiger partial charge in [-0.1, -0.05) is 227 Å². The number of hydrogen-bond donors (Lipinski definition) is 4. The van der Waals surface area contributed by atoms with Crippen molar-refractivity contribution in [3.63, 3.8) is 0 Å². The van der Waals surface area contributed by atoms with E-state index in [1.807, 2.05) is 46.6 Å². The van der Waals surface area contributed by atoms with E-state index in [0.29, 0.717) is 93.1 Å². The molecule has 2 fully saturated rings. The predicted octanol–water partition coefficient (Wildman–Crippen LogP) is 8.76. The smallest absolute Gasteiger partial charge is 0.306 e. The highest BCUT2D eigenvalue weighted by Crippen LogP contribution is 2.38. The molecule has 0 bridgehead atoms. The third-order valence-corrected chi connectivity index (χ3v) is 21.8. The maximum absolute atomic E-state index is 14.8. The highest BCUT2D eigenvalue weighted by molar-refractivity contribution is 7.99. The largest absolute Gasteiger partial charge is 1.00 e. The van der Waals surface area contributed by atoms with Crippen LogP contribution in [0.15, 0.2) is 37.4 Å². The first-order valence-corrected chi connectivity index (χ1v) is 44.2. The number of rotatable bonds is 64. The summed E-state index contributed by atoms with van der Waals surface area (Å²) in [5.41, 5.74) is 0. The summed E-state index contributed by atoms with van der Waals surface area (Å²) in [5.74, 6) is -1.16. The number of thioether (sulfide) groups is 2. The van der Waals surface area contributed by atoms with Crippen LogP contribution in [0, 0.1) is 0 Å². The number of aromatic amines is 2. The van der Waals surface area contributed by atoms with Crippen LogP contribution in [-0.2, 0) is 79.7 Å². The van der Waals surface area contributed by atoms with Gasteiger partial charge in [-0.25, -0.2) is 9.13 Å². The number of esters is 5. The maximum Gasteiger partial charge on any atom is 0.306 e. The topological polar surface area (TPSA) is 255 Å². The lowest BCUT2D eigenvalue weighted by atomic mass is 9.96. The number of imidazole rings is 2. The van der Waals surface area contributed by atoms with Crippen LogP contribution in [0.2, 0.25) is 0 Å². The Balaban J connectivity index is 0.0000194. The van der Waals surface area contributed by atoms with Gasteiger partial charge in [-0.3, -0.25) is 33.9 Å². The Kier molecular flexibility index (Phi) is 61.1. The van der Waals surface area contributed by atoms with Crippen LogP contribution in [0.5, 0.6) is 0 Å². The molecule has 2 saturated heterocycles. The monoisotopic (exact) mass is 1620 g/mol. The minimum absolute atomic E-state index is 0. The zero-order valence-electron chi connectivity index (χ0n) is 66.1. The number of methoxy groups -OCH3 is 1. The number of carbonyl (C=O) groups excluding carboxylic acids is 5. The standard InChI is InChI=1S/C79H138N8O14S4.2ClH/c1-7-12-17-22-27-32-37-42-65(88)96-70-63(59-104-57-51-84-78(102)82-49-55-86-53-47-80-61-86)95-77(75(100-69(92)46-41-36-31-26-21-16-11-5)72(70)97-66(89)43-38-33-28-23-18-13-8-2)101-71-64(60-105-58-52-85-79(103)83-50-56-87-54-48-81-62-87)94-76(93-6)74(99-68(91)45-40-35-30-25-20-15-10-4)73(71)98-67(90)44-39-34-29-24-19-14-9-3;;/h47-48,53-54,61-64,70-77H,7-46,49-52,55-60H2,1-6H3,(H2,82,84,102)(H2,83,85,103);2*1H/t63?,64?,70-,71-,72?,73+,74?,75+,76-,77-;;/m1../s1. The van der Waals surface area contributed by atoms with Gasteiger partial charge >= 0.3 is 29.8 Å². The van der Waals surface area contributed by atoms with Crippen LogP contribution < -0.4 is 56.0 Å². The van der Waals surface area contributed by atoms with E-state index in [0.717, 1.165) is 193 Å². The molecule has 0 saturated carbocycles. The van der Waals surface area contributed by atoms with E-state index in [1.165, 1.54) is 30.6 Å². The summed E-state index contributed by atoms with van der Waals surface area (Å²) in [5, 5.41) is 14.2. The summed E-state index contributed by atoms with van der Waals surface area (Å²) in [6, 6.07) is 0. The number of carbonyl (C=O) groups is 5. The zero-order chi connectivity index (χ0) is 75.6. The van der Waals surface area contributed by atoms with Gasteiger partial charge < -0.3 is 88.7 Å². The quantitative estimate of drug-likeness (QED) is 0.0209. The molecule has 4 heterocycles. The number of ether oxygens (including phenoxy) is 9. The average Bonchev–Trinajstić information content (AvgIpc) is 0.824. The summed E-state index contributed by atoms with van der Waals surface area (Å²) in [6.07, 6.45) is 32.9. The van der Waals surface area contributed by atoms with Gasteiger partial charge in [0.2, 0.25) is 12.7 Å². The van der Waals surface area contributed by atoms with E-state index in [9.17, 15) is 24.0 Å². The van der Waals surface area contributed by atoms with Crippen molar-refractivity contribution in [2.75, 3.05) is 56.3 Å². The third-order valence-electron chi connectivity index (χ3n) is 19.1. The predicted molar refractivity (Wildman–Crippen MR) is 425 cm³/mol. The first-order valence-electron chi connectivity index (χ1n) is 41.0. The van der Waals surface area contributed by atoms with Crippen molar-refractivity contribution in [1.82, 2.24) is 30.4 Å². The molecular weight excluding hydrogens is 1480 g/mol. The molecule has 22 nitrogen and oxygen atoms in total. The van der Waals surface area contributed by atoms with E-state index in [4.69, 9.17) is 67.1 Å². The zero-order valence-corrected chi connectivity index (χ0v) is 70.9. The summed E-state index contributed by atoms with van der Waals surface area (Å²) in [4.78, 5) is 79.3. The van der Waals surface area contributed by atoms with Crippen LogP contribution in [0.1, 0.15) is 291 Å². The molecule has 618 valence electrons. The third kappa shape index (κ3) is 46.1. The van der Waals surface area contributed by atoms with Gasteiger partial charge in [0.25, 0.3) is 0 Å². The molecule has 0 radical (unpaired) electrons. The maximum atomic E-state index is 14.8. The molecule has 0 spiro atoms. The molecule has 2 aliphatic rings. The van der Waals surface area contributed by atoms with Gasteiger partial charge in [-0.05, 0) is 56.5 Å². The molecule has 6 N–H and O–H groups in total. The minimum atomic E-state index is -1.57.